The summed E-state index contributed by atoms with van der Waals surface area (Å²) in [5.41, 5.74) is 2.64. The summed E-state index contributed by atoms with van der Waals surface area (Å²) in [4.78, 5) is 54.3. The van der Waals surface area contributed by atoms with Gasteiger partial charge in [0.25, 0.3) is 17.7 Å². The highest BCUT2D eigenvalue weighted by atomic mass is 79.9. The minimum atomic E-state index is -0.598. The molecular formula is C26H23Br2ClN2O4. The maximum Gasteiger partial charge on any atom is 0.273 e. The maximum absolute atomic E-state index is 13.6. The summed E-state index contributed by atoms with van der Waals surface area (Å²) in [6.07, 6.45) is 0.777. The van der Waals surface area contributed by atoms with Crippen molar-refractivity contribution in [1.29, 1.82) is 0 Å². The zero-order valence-electron chi connectivity index (χ0n) is 19.1. The molecule has 1 saturated heterocycles. The fourth-order valence-corrected chi connectivity index (χ4v) is 7.69. The molecule has 2 bridgehead atoms. The van der Waals surface area contributed by atoms with Crippen molar-refractivity contribution in [2.45, 2.75) is 29.9 Å². The van der Waals surface area contributed by atoms with Crippen molar-refractivity contribution in [2.75, 3.05) is 6.54 Å². The molecule has 2 saturated carbocycles. The number of alkyl halides is 2. The lowest BCUT2D eigenvalue weighted by Gasteiger charge is -2.31. The average Bonchev–Trinajstić information content (AvgIpc) is 3.44. The molecule has 0 N–H and O–H groups in total. The van der Waals surface area contributed by atoms with Gasteiger partial charge in [-0.05, 0) is 73.6 Å². The molecule has 2 aliphatic carbocycles. The van der Waals surface area contributed by atoms with Crippen LogP contribution in [0.3, 0.4) is 0 Å². The van der Waals surface area contributed by atoms with Gasteiger partial charge in [0.05, 0.1) is 11.8 Å². The molecule has 1 heterocycles. The van der Waals surface area contributed by atoms with Crippen LogP contribution >= 0.6 is 43.5 Å². The molecule has 0 unspecified atom stereocenters. The number of halogens is 3. The first kappa shape index (κ1) is 24.7. The van der Waals surface area contributed by atoms with Gasteiger partial charge in [0, 0.05) is 25.8 Å². The van der Waals surface area contributed by atoms with Gasteiger partial charge in [-0.2, -0.15) is 5.01 Å². The third-order valence-corrected chi connectivity index (χ3v) is 11.1. The summed E-state index contributed by atoms with van der Waals surface area (Å²) in [6, 6.07) is 11.5. The minimum Gasteiger partial charge on any atom is -0.292 e. The first-order valence-corrected chi connectivity index (χ1v) is 13.6. The number of ketones is 1. The standard InChI is InChI=1S/C26H23Br2ClN2O4/c1-12-3-4-15(9-13(12)2)19(32)11-30(24(33)14-5-7-16(29)8-6-14)31-25(34)20-17-10-18(21(20)26(31)35)23(28)22(17)27/h3-9,17-18,20-23H,10-11H2,1-2H3/t17-,18-,20-,21+,22-,23+/m1/s1. The van der Waals surface area contributed by atoms with Crippen LogP contribution in [0.2, 0.25) is 5.02 Å². The van der Waals surface area contributed by atoms with E-state index in [1.807, 2.05) is 19.9 Å². The fourth-order valence-electron chi connectivity index (χ4n) is 5.69. The van der Waals surface area contributed by atoms with Crippen LogP contribution in [0, 0.1) is 37.5 Å². The number of hydrogen-bond donors (Lipinski definition) is 0. The molecule has 3 fully saturated rings. The summed E-state index contributed by atoms with van der Waals surface area (Å²) < 4.78 is 0. The largest absolute Gasteiger partial charge is 0.292 e. The molecule has 6 atom stereocenters. The van der Waals surface area contributed by atoms with E-state index in [0.29, 0.717) is 10.6 Å². The molecule has 3 amide bonds. The summed E-state index contributed by atoms with van der Waals surface area (Å²) in [7, 11) is 0. The first-order chi connectivity index (χ1) is 16.6. The number of benzene rings is 2. The van der Waals surface area contributed by atoms with E-state index in [0.717, 1.165) is 27.6 Å². The van der Waals surface area contributed by atoms with Gasteiger partial charge < -0.3 is 0 Å². The van der Waals surface area contributed by atoms with Crippen LogP contribution < -0.4 is 0 Å². The molecule has 2 aromatic rings. The molecule has 2 aromatic carbocycles. The quantitative estimate of drug-likeness (QED) is 0.268. The summed E-state index contributed by atoms with van der Waals surface area (Å²) >= 11 is 13.3. The molecule has 0 aromatic heterocycles. The number of rotatable bonds is 5. The number of hydrazine groups is 1. The van der Waals surface area contributed by atoms with Gasteiger partial charge in [0.1, 0.15) is 6.54 Å². The van der Waals surface area contributed by atoms with E-state index < -0.39 is 36.1 Å². The summed E-state index contributed by atoms with van der Waals surface area (Å²) in [5.74, 6) is -2.77. The van der Waals surface area contributed by atoms with Crippen molar-refractivity contribution in [3.63, 3.8) is 0 Å². The van der Waals surface area contributed by atoms with Crippen molar-refractivity contribution in [3.8, 4) is 0 Å². The highest BCUT2D eigenvalue weighted by Gasteiger charge is 2.67. The van der Waals surface area contributed by atoms with Crippen LogP contribution in [0.25, 0.3) is 0 Å². The number of Topliss-reactive ketones (excluding diaryl/α,β-unsaturated/α-hetero) is 1. The Kier molecular flexibility index (Phi) is 6.43. The molecule has 0 radical (unpaired) electrons. The number of carbonyl (C=O) groups is 4. The molecule has 35 heavy (non-hydrogen) atoms. The highest BCUT2D eigenvalue weighted by Crippen LogP contribution is 2.60. The van der Waals surface area contributed by atoms with Crippen LogP contribution in [0.1, 0.15) is 38.3 Å². The topological polar surface area (TPSA) is 74.8 Å². The lowest BCUT2D eigenvalue weighted by molar-refractivity contribution is -0.154. The number of nitrogens with zero attached hydrogens (tertiary/aromatic N) is 2. The van der Waals surface area contributed by atoms with Crippen molar-refractivity contribution < 1.29 is 19.2 Å². The Morgan fingerprint density at radius 2 is 1.46 bits per heavy atom. The average molecular weight is 623 g/mol. The summed E-state index contributed by atoms with van der Waals surface area (Å²) in [5, 5.41) is 2.41. The smallest absolute Gasteiger partial charge is 0.273 e. The van der Waals surface area contributed by atoms with Crippen LogP contribution in [0.4, 0.5) is 0 Å². The van der Waals surface area contributed by atoms with Gasteiger partial charge in [0.2, 0.25) is 0 Å². The Morgan fingerprint density at radius 1 is 0.914 bits per heavy atom. The molecule has 1 aliphatic heterocycles. The van der Waals surface area contributed by atoms with E-state index >= 15 is 0 Å². The van der Waals surface area contributed by atoms with Crippen LogP contribution in [0.5, 0.6) is 0 Å². The Balaban J connectivity index is 1.51. The zero-order valence-corrected chi connectivity index (χ0v) is 23.0. The normalized spacial score (nSPS) is 29.0. The Morgan fingerprint density at radius 3 is 2.00 bits per heavy atom. The van der Waals surface area contributed by atoms with Crippen molar-refractivity contribution in [2.24, 2.45) is 23.7 Å². The SMILES string of the molecule is Cc1ccc(C(=O)CN(C(=O)c2ccc(Cl)cc2)N2C(=O)[C@@H]3[C@H]4C[C@@H]([C@H](Br)[C@@H]4Br)[C@@H]3C2=O)cc1C. The lowest BCUT2D eigenvalue weighted by atomic mass is 9.81. The fraction of sp³-hybridized carbons (Fsp3) is 0.385. The van der Waals surface area contributed by atoms with E-state index in [-0.39, 0.29) is 32.8 Å². The van der Waals surface area contributed by atoms with Gasteiger partial charge in [-0.3, -0.25) is 19.2 Å². The Labute approximate surface area is 225 Å². The van der Waals surface area contributed by atoms with Crippen molar-refractivity contribution >= 4 is 67.0 Å². The number of amides is 3. The van der Waals surface area contributed by atoms with Gasteiger partial charge in [-0.25, -0.2) is 5.01 Å². The van der Waals surface area contributed by atoms with Crippen LogP contribution in [0.15, 0.2) is 42.5 Å². The van der Waals surface area contributed by atoms with Crippen LogP contribution in [-0.4, -0.2) is 49.7 Å². The zero-order chi connectivity index (χ0) is 25.2. The number of fused-ring (bicyclic) bond motifs is 5. The Hall–Kier alpha value is -2.03. The predicted molar refractivity (Wildman–Crippen MR) is 139 cm³/mol. The molecule has 6 nitrogen and oxygen atoms in total. The predicted octanol–water partition coefficient (Wildman–Crippen LogP) is 4.97. The van der Waals surface area contributed by atoms with Gasteiger partial charge in [-0.1, -0.05) is 55.6 Å². The minimum absolute atomic E-state index is 0.00115. The molecule has 3 aliphatic rings. The second kappa shape index (κ2) is 9.12. The molecule has 9 heteroatoms. The van der Waals surface area contributed by atoms with Crippen LogP contribution in [-0.2, 0) is 9.59 Å². The first-order valence-electron chi connectivity index (χ1n) is 11.4. The van der Waals surface area contributed by atoms with Crippen molar-refractivity contribution in [1.82, 2.24) is 10.0 Å². The number of aryl methyl sites for hydroxylation is 2. The van der Waals surface area contributed by atoms with E-state index in [9.17, 15) is 19.2 Å². The molecule has 182 valence electrons. The second-order valence-electron chi connectivity index (χ2n) is 9.58. The Bertz CT molecular complexity index is 1220. The molecule has 5 rings (SSSR count). The number of imide groups is 1. The monoisotopic (exact) mass is 620 g/mol. The maximum atomic E-state index is 13.6. The van der Waals surface area contributed by atoms with Gasteiger partial charge in [-0.15, -0.1) is 0 Å². The van der Waals surface area contributed by atoms with E-state index in [4.69, 9.17) is 11.6 Å². The third-order valence-electron chi connectivity index (χ3n) is 7.65. The lowest BCUT2D eigenvalue weighted by Crippen LogP contribution is -2.52. The van der Waals surface area contributed by atoms with Gasteiger partial charge >= 0.3 is 0 Å². The highest BCUT2D eigenvalue weighted by molar-refractivity contribution is 9.12. The van der Waals surface area contributed by atoms with E-state index in [1.54, 1.807) is 24.3 Å². The van der Waals surface area contributed by atoms with E-state index in [1.165, 1.54) is 12.1 Å². The number of carbonyl (C=O) groups excluding carboxylic acids is 4. The second-order valence-corrected chi connectivity index (χ2v) is 12.1. The van der Waals surface area contributed by atoms with E-state index in [2.05, 4.69) is 31.9 Å². The third kappa shape index (κ3) is 3.98. The molecule has 0 spiro atoms. The van der Waals surface area contributed by atoms with Gasteiger partial charge in [0.15, 0.2) is 5.78 Å². The number of hydrogen-bond acceptors (Lipinski definition) is 4. The molecular weight excluding hydrogens is 600 g/mol. The summed E-state index contributed by atoms with van der Waals surface area (Å²) in [6.45, 7) is 3.43. The van der Waals surface area contributed by atoms with Crippen molar-refractivity contribution in [3.05, 3.63) is 69.7 Å².